The minimum Gasteiger partial charge on any atom is -0.452 e. The molecule has 8 heteroatoms. The Morgan fingerprint density at radius 2 is 2.21 bits per heavy atom. The molecule has 19 heavy (non-hydrogen) atoms. The van der Waals surface area contributed by atoms with E-state index in [0.29, 0.717) is 24.1 Å². The molecule has 0 radical (unpaired) electrons. The normalized spacial score (nSPS) is 13.7. The molecule has 0 amide bonds. The van der Waals surface area contributed by atoms with Crippen molar-refractivity contribution in [3.05, 3.63) is 16.5 Å². The minimum atomic E-state index is -3.52. The van der Waals surface area contributed by atoms with Gasteiger partial charge in [-0.25, -0.2) is 13.1 Å². The second kappa shape index (κ2) is 7.68. The first kappa shape index (κ1) is 17.0. The van der Waals surface area contributed by atoms with Gasteiger partial charge in [0.15, 0.2) is 4.67 Å². The summed E-state index contributed by atoms with van der Waals surface area (Å²) in [5.41, 5.74) is 0. The predicted octanol–water partition coefficient (Wildman–Crippen LogP) is 2.18. The molecule has 1 unspecified atom stereocenters. The van der Waals surface area contributed by atoms with E-state index in [4.69, 9.17) is 4.42 Å². The van der Waals surface area contributed by atoms with Gasteiger partial charge >= 0.3 is 0 Å². The SMILES string of the molecule is CNCc1cc(S(=O)(=O)NCCC(C)SC)c(Br)o1. The van der Waals surface area contributed by atoms with Crippen LogP contribution in [-0.4, -0.2) is 33.5 Å². The largest absolute Gasteiger partial charge is 0.452 e. The van der Waals surface area contributed by atoms with Crippen molar-refractivity contribution >= 4 is 37.7 Å². The number of thioether (sulfide) groups is 1. The van der Waals surface area contributed by atoms with Crippen LogP contribution in [0.1, 0.15) is 19.1 Å². The quantitative estimate of drug-likeness (QED) is 0.733. The van der Waals surface area contributed by atoms with Crippen molar-refractivity contribution in [3.63, 3.8) is 0 Å². The third kappa shape index (κ3) is 5.11. The molecule has 1 heterocycles. The van der Waals surface area contributed by atoms with Gasteiger partial charge in [-0.2, -0.15) is 11.8 Å². The zero-order chi connectivity index (χ0) is 14.5. The number of furan rings is 1. The van der Waals surface area contributed by atoms with Crippen LogP contribution in [-0.2, 0) is 16.6 Å². The van der Waals surface area contributed by atoms with Crippen LogP contribution >= 0.6 is 27.7 Å². The average molecular weight is 371 g/mol. The van der Waals surface area contributed by atoms with Crippen molar-refractivity contribution in [3.8, 4) is 0 Å². The number of sulfonamides is 1. The zero-order valence-electron chi connectivity index (χ0n) is 11.2. The van der Waals surface area contributed by atoms with Gasteiger partial charge in [0.1, 0.15) is 10.7 Å². The number of hydrogen-bond donors (Lipinski definition) is 2. The van der Waals surface area contributed by atoms with Crippen molar-refractivity contribution < 1.29 is 12.8 Å². The highest BCUT2D eigenvalue weighted by Crippen LogP contribution is 2.26. The molecule has 1 rings (SSSR count). The van der Waals surface area contributed by atoms with Gasteiger partial charge in [-0.1, -0.05) is 6.92 Å². The van der Waals surface area contributed by atoms with Gasteiger partial charge in [0.05, 0.1) is 6.54 Å². The van der Waals surface area contributed by atoms with Crippen LogP contribution in [0.2, 0.25) is 0 Å². The topological polar surface area (TPSA) is 71.3 Å². The highest BCUT2D eigenvalue weighted by Gasteiger charge is 2.22. The molecule has 0 fully saturated rings. The van der Waals surface area contributed by atoms with Crippen molar-refractivity contribution in [1.82, 2.24) is 10.0 Å². The molecular formula is C11H19BrN2O3S2. The highest BCUT2D eigenvalue weighted by atomic mass is 79.9. The fourth-order valence-corrected chi connectivity index (χ4v) is 3.83. The Kier molecular flexibility index (Phi) is 6.89. The fraction of sp³-hybridized carbons (Fsp3) is 0.636. The Morgan fingerprint density at radius 1 is 1.53 bits per heavy atom. The summed E-state index contributed by atoms with van der Waals surface area (Å²) in [7, 11) is -1.75. The van der Waals surface area contributed by atoms with E-state index in [0.717, 1.165) is 6.42 Å². The molecule has 110 valence electrons. The molecule has 0 bridgehead atoms. The lowest BCUT2D eigenvalue weighted by Crippen LogP contribution is -2.26. The second-order valence-corrected chi connectivity index (χ2v) is 7.85. The van der Waals surface area contributed by atoms with Crippen LogP contribution in [0.3, 0.4) is 0 Å². The van der Waals surface area contributed by atoms with E-state index in [1.807, 2.05) is 6.26 Å². The Hall–Kier alpha value is -0.0200. The van der Waals surface area contributed by atoms with Crippen LogP contribution in [0.15, 0.2) is 20.0 Å². The monoisotopic (exact) mass is 370 g/mol. The second-order valence-electron chi connectivity index (χ2n) is 4.11. The maximum Gasteiger partial charge on any atom is 0.244 e. The van der Waals surface area contributed by atoms with E-state index in [9.17, 15) is 8.42 Å². The Labute approximate surface area is 127 Å². The minimum absolute atomic E-state index is 0.148. The smallest absolute Gasteiger partial charge is 0.244 e. The van der Waals surface area contributed by atoms with E-state index in [1.165, 1.54) is 6.07 Å². The van der Waals surface area contributed by atoms with Crippen LogP contribution in [0, 0.1) is 0 Å². The van der Waals surface area contributed by atoms with Gasteiger partial charge in [0.2, 0.25) is 10.0 Å². The third-order valence-corrected chi connectivity index (χ3v) is 5.95. The number of rotatable bonds is 8. The third-order valence-electron chi connectivity index (χ3n) is 2.59. The van der Waals surface area contributed by atoms with E-state index < -0.39 is 10.0 Å². The Balaban J connectivity index is 2.71. The lowest BCUT2D eigenvalue weighted by Gasteiger charge is -2.08. The summed E-state index contributed by atoms with van der Waals surface area (Å²) in [4.78, 5) is 0.148. The van der Waals surface area contributed by atoms with Crippen molar-refractivity contribution in [2.24, 2.45) is 0 Å². The van der Waals surface area contributed by atoms with Crippen molar-refractivity contribution in [1.29, 1.82) is 0 Å². The molecule has 1 aromatic heterocycles. The maximum absolute atomic E-state index is 12.1. The summed E-state index contributed by atoms with van der Waals surface area (Å²) in [6.07, 6.45) is 2.80. The summed E-state index contributed by atoms with van der Waals surface area (Å²) >= 11 is 4.85. The first-order valence-corrected chi connectivity index (χ1v) is 9.42. The van der Waals surface area contributed by atoms with Gasteiger partial charge in [0.25, 0.3) is 0 Å². The number of nitrogens with one attached hydrogen (secondary N) is 2. The molecule has 1 atom stereocenters. The maximum atomic E-state index is 12.1. The summed E-state index contributed by atoms with van der Waals surface area (Å²) in [6.45, 7) is 2.97. The van der Waals surface area contributed by atoms with Gasteiger partial charge in [-0.3, -0.25) is 0 Å². The van der Waals surface area contributed by atoms with E-state index in [1.54, 1.807) is 18.8 Å². The lowest BCUT2D eigenvalue weighted by atomic mass is 10.3. The highest BCUT2D eigenvalue weighted by molar-refractivity contribution is 9.10. The molecule has 0 aliphatic rings. The molecular weight excluding hydrogens is 352 g/mol. The first-order valence-electron chi connectivity index (χ1n) is 5.86. The molecule has 0 aromatic carbocycles. The summed E-state index contributed by atoms with van der Waals surface area (Å²) in [5, 5.41) is 3.34. The molecule has 0 saturated carbocycles. The molecule has 2 N–H and O–H groups in total. The molecule has 0 saturated heterocycles. The van der Waals surface area contributed by atoms with Gasteiger partial charge in [-0.15, -0.1) is 0 Å². The summed E-state index contributed by atoms with van der Waals surface area (Å²) in [6, 6.07) is 1.53. The van der Waals surface area contributed by atoms with Gasteiger partial charge in [-0.05, 0) is 35.7 Å². The van der Waals surface area contributed by atoms with E-state index in [2.05, 4.69) is 32.9 Å². The van der Waals surface area contributed by atoms with Crippen LogP contribution in [0.4, 0.5) is 0 Å². The average Bonchev–Trinajstić information content (AvgIpc) is 2.71. The van der Waals surface area contributed by atoms with Crippen LogP contribution < -0.4 is 10.0 Å². The van der Waals surface area contributed by atoms with Crippen LogP contribution in [0.25, 0.3) is 0 Å². The van der Waals surface area contributed by atoms with E-state index in [-0.39, 0.29) is 9.56 Å². The van der Waals surface area contributed by atoms with Crippen LogP contribution in [0.5, 0.6) is 0 Å². The molecule has 0 aliphatic carbocycles. The lowest BCUT2D eigenvalue weighted by molar-refractivity contribution is 0.470. The summed E-state index contributed by atoms with van der Waals surface area (Å²) < 4.78 is 32.4. The van der Waals surface area contributed by atoms with Crippen molar-refractivity contribution in [2.45, 2.75) is 30.0 Å². The standard InChI is InChI=1S/C11H19BrN2O3S2/c1-8(18-3)4-5-14-19(15,16)10-6-9(7-13-2)17-11(10)12/h6,8,13-14H,4-5,7H2,1-3H3. The van der Waals surface area contributed by atoms with Crippen molar-refractivity contribution in [2.75, 3.05) is 19.8 Å². The first-order chi connectivity index (χ1) is 8.90. The molecule has 1 aromatic rings. The number of hydrogen-bond acceptors (Lipinski definition) is 5. The van der Waals surface area contributed by atoms with E-state index >= 15 is 0 Å². The molecule has 0 aliphatic heterocycles. The Bertz CT molecular complexity index is 502. The Morgan fingerprint density at radius 3 is 2.79 bits per heavy atom. The number of halogens is 1. The summed E-state index contributed by atoms with van der Waals surface area (Å²) in [5.74, 6) is 0.576. The fourth-order valence-electron chi connectivity index (χ4n) is 1.43. The predicted molar refractivity (Wildman–Crippen MR) is 82.0 cm³/mol. The molecule has 0 spiro atoms. The molecule has 5 nitrogen and oxygen atoms in total. The zero-order valence-corrected chi connectivity index (χ0v) is 14.4. The van der Waals surface area contributed by atoms with Gasteiger partial charge in [0, 0.05) is 17.9 Å². The van der Waals surface area contributed by atoms with Gasteiger partial charge < -0.3 is 9.73 Å².